The maximum absolute atomic E-state index is 17.4. The number of hydrogen-bond acceptors (Lipinski definition) is 11. The normalized spacial score (nSPS) is 28.2. The van der Waals surface area contributed by atoms with Gasteiger partial charge in [-0.05, 0) is 111 Å². The van der Waals surface area contributed by atoms with E-state index in [9.17, 15) is 15.3 Å². The van der Waals surface area contributed by atoms with Gasteiger partial charge in [-0.1, -0.05) is 25.8 Å². The molecule has 3 aliphatic carbocycles. The lowest BCUT2D eigenvalue weighted by Crippen LogP contribution is -2.61. The minimum atomic E-state index is -1.39. The molecule has 2 unspecified atom stereocenters. The molecule has 5 aliphatic rings. The first-order valence-corrected chi connectivity index (χ1v) is 20.0. The molecule has 5 fully saturated rings. The summed E-state index contributed by atoms with van der Waals surface area (Å²) in [4.78, 5) is 18.6. The lowest BCUT2D eigenvalue weighted by atomic mass is 9.53. The fraction of sp³-hybridized carbons (Fsp3) is 0.595. The van der Waals surface area contributed by atoms with Crippen LogP contribution in [0.4, 0.5) is 14.6 Å². The van der Waals surface area contributed by atoms with Crippen LogP contribution in [0.15, 0.2) is 24.3 Å². The van der Waals surface area contributed by atoms with Gasteiger partial charge >= 0.3 is 6.01 Å². The predicted octanol–water partition coefficient (Wildman–Crippen LogP) is 6.65. The van der Waals surface area contributed by atoms with Gasteiger partial charge in [-0.15, -0.1) is 0 Å². The number of β-amino-alcohol motifs (C(OH)–C–C–N with tert-alkyl or cyclic N) is 2. The smallest absolute Gasteiger partial charge is 0.319 e. The van der Waals surface area contributed by atoms with Crippen LogP contribution in [0.1, 0.15) is 83.6 Å². The van der Waals surface area contributed by atoms with Crippen LogP contribution in [0.2, 0.25) is 0 Å². The molecule has 0 amide bonds. The Morgan fingerprint density at radius 2 is 1.82 bits per heavy atom. The topological polar surface area (TPSA) is 134 Å². The van der Waals surface area contributed by atoms with E-state index in [0.29, 0.717) is 46.9 Å². The number of anilines is 1. The summed E-state index contributed by atoms with van der Waals surface area (Å²) >= 11 is 0. The van der Waals surface area contributed by atoms with Crippen LogP contribution in [-0.2, 0) is 11.2 Å². The Kier molecular flexibility index (Phi) is 9.10. The zero-order valence-electron chi connectivity index (χ0n) is 31.9. The standard InChI is InChI=1S/C42H51F2N5O6/c1-4-27-29(43)10-9-24-16-26(50)17-28(32(24)27)35-34(44)36-33(38(45-35)53-3)37(48-20-31(51)54-22-40(2,52)21-48)47-39(46-36)55-23-42-13-5-8-30(42)49(15-7-14-42)25-18-41(19-25)11-6-12-41/h9-10,16-17,25,30-31,50-52H,4-8,11-15,18-23H2,1-3H3/t30?,31-,40+,42?/m1/s1. The molecule has 13 heteroatoms. The van der Waals surface area contributed by atoms with Crippen molar-refractivity contribution < 1.29 is 38.3 Å². The summed E-state index contributed by atoms with van der Waals surface area (Å²) in [5, 5.41) is 33.8. The number of aliphatic hydroxyl groups is 2. The largest absolute Gasteiger partial charge is 0.508 e. The van der Waals surface area contributed by atoms with E-state index in [1.807, 2.05) is 6.92 Å². The molecular weight excluding hydrogens is 708 g/mol. The molecule has 294 valence electrons. The molecule has 0 radical (unpaired) electrons. The lowest BCUT2D eigenvalue weighted by molar-refractivity contribution is -0.122. The number of methoxy groups -OCH3 is 1. The van der Waals surface area contributed by atoms with E-state index < -0.39 is 23.5 Å². The second kappa shape index (κ2) is 13.6. The molecular formula is C42H51F2N5O6. The molecule has 1 spiro atoms. The van der Waals surface area contributed by atoms with Crippen molar-refractivity contribution in [3.05, 3.63) is 41.5 Å². The number of aromatic nitrogens is 3. The Labute approximate surface area is 319 Å². The summed E-state index contributed by atoms with van der Waals surface area (Å²) in [7, 11) is 1.40. The van der Waals surface area contributed by atoms with Gasteiger partial charge in [0.2, 0.25) is 5.88 Å². The molecule has 3 saturated carbocycles. The summed E-state index contributed by atoms with van der Waals surface area (Å²) in [5.74, 6) is -1.29. The van der Waals surface area contributed by atoms with Crippen molar-refractivity contribution in [1.82, 2.24) is 19.9 Å². The molecule has 55 heavy (non-hydrogen) atoms. The minimum absolute atomic E-state index is 0.0116. The molecule has 0 bridgehead atoms. The van der Waals surface area contributed by atoms with Crippen molar-refractivity contribution in [3.63, 3.8) is 0 Å². The number of pyridine rings is 1. The summed E-state index contributed by atoms with van der Waals surface area (Å²) in [6, 6.07) is 6.75. The molecule has 2 aromatic heterocycles. The van der Waals surface area contributed by atoms with E-state index in [-0.39, 0.29) is 70.7 Å². The third-order valence-electron chi connectivity index (χ3n) is 13.5. The lowest BCUT2D eigenvalue weighted by Gasteiger charge is -2.60. The zero-order chi connectivity index (χ0) is 38.3. The number of fused-ring (bicyclic) bond motifs is 3. The van der Waals surface area contributed by atoms with E-state index in [1.165, 1.54) is 57.4 Å². The van der Waals surface area contributed by atoms with Crippen LogP contribution in [0, 0.1) is 22.5 Å². The van der Waals surface area contributed by atoms with E-state index >= 15 is 8.78 Å². The average Bonchev–Trinajstić information content (AvgIpc) is 3.50. The van der Waals surface area contributed by atoms with Gasteiger partial charge in [0.15, 0.2) is 12.1 Å². The van der Waals surface area contributed by atoms with Crippen molar-refractivity contribution in [2.75, 3.05) is 44.9 Å². The molecule has 3 N–H and O–H groups in total. The third-order valence-corrected chi connectivity index (χ3v) is 13.5. The first-order chi connectivity index (χ1) is 26.4. The van der Waals surface area contributed by atoms with Crippen LogP contribution in [0.3, 0.4) is 0 Å². The van der Waals surface area contributed by atoms with Crippen LogP contribution in [0.5, 0.6) is 17.6 Å². The number of piperidine rings is 1. The van der Waals surface area contributed by atoms with Gasteiger partial charge in [0.1, 0.15) is 39.6 Å². The highest BCUT2D eigenvalue weighted by Gasteiger charge is 2.56. The number of hydrogen-bond donors (Lipinski definition) is 3. The highest BCUT2D eigenvalue weighted by atomic mass is 19.1. The van der Waals surface area contributed by atoms with Crippen molar-refractivity contribution in [3.8, 4) is 28.9 Å². The van der Waals surface area contributed by atoms with Crippen LogP contribution in [-0.4, -0.2) is 99.1 Å². The minimum Gasteiger partial charge on any atom is -0.508 e. The molecule has 4 atom stereocenters. The molecule has 11 nitrogen and oxygen atoms in total. The van der Waals surface area contributed by atoms with E-state index in [1.54, 1.807) is 17.9 Å². The van der Waals surface area contributed by atoms with Crippen molar-refractivity contribution in [2.45, 2.75) is 108 Å². The number of aliphatic hydroxyl groups excluding tert-OH is 1. The monoisotopic (exact) mass is 759 g/mol. The quantitative estimate of drug-likeness (QED) is 0.178. The number of nitrogens with zero attached hydrogens (tertiary/aromatic N) is 5. The molecule has 2 aromatic carbocycles. The molecule has 2 saturated heterocycles. The Balaban J connectivity index is 1.16. The highest BCUT2D eigenvalue weighted by Crippen LogP contribution is 2.60. The number of aryl methyl sites for hydroxylation is 1. The average molecular weight is 760 g/mol. The number of rotatable bonds is 8. The van der Waals surface area contributed by atoms with Gasteiger partial charge < -0.3 is 34.4 Å². The third kappa shape index (κ3) is 6.25. The maximum Gasteiger partial charge on any atom is 0.319 e. The summed E-state index contributed by atoms with van der Waals surface area (Å²) in [5.41, 5.74) is -0.692. The summed E-state index contributed by atoms with van der Waals surface area (Å²) in [6.45, 7) is 4.65. The van der Waals surface area contributed by atoms with Gasteiger partial charge in [-0.25, -0.2) is 13.8 Å². The van der Waals surface area contributed by atoms with Gasteiger partial charge in [-0.3, -0.25) is 4.90 Å². The van der Waals surface area contributed by atoms with E-state index in [0.717, 1.165) is 38.6 Å². The second-order valence-corrected chi connectivity index (χ2v) is 17.3. The predicted molar refractivity (Wildman–Crippen MR) is 203 cm³/mol. The fourth-order valence-electron chi connectivity index (χ4n) is 10.8. The maximum atomic E-state index is 17.4. The Hall–Kier alpha value is -3.91. The van der Waals surface area contributed by atoms with Crippen molar-refractivity contribution >= 4 is 27.5 Å². The highest BCUT2D eigenvalue weighted by molar-refractivity contribution is 6.03. The van der Waals surface area contributed by atoms with Crippen molar-refractivity contribution in [1.29, 1.82) is 0 Å². The molecule has 4 aromatic rings. The van der Waals surface area contributed by atoms with Crippen molar-refractivity contribution in [2.24, 2.45) is 10.8 Å². The van der Waals surface area contributed by atoms with Gasteiger partial charge in [-0.2, -0.15) is 9.97 Å². The molecule has 2 aliphatic heterocycles. The van der Waals surface area contributed by atoms with E-state index in [2.05, 4.69) is 9.88 Å². The Bertz CT molecular complexity index is 2140. The number of phenolic OH excluding ortho intramolecular Hbond substituents is 1. The number of ether oxygens (including phenoxy) is 3. The zero-order valence-corrected chi connectivity index (χ0v) is 31.9. The Morgan fingerprint density at radius 1 is 1.02 bits per heavy atom. The Morgan fingerprint density at radius 3 is 2.56 bits per heavy atom. The number of likely N-dealkylation sites (tertiary alicyclic amines) is 1. The number of halogens is 2. The van der Waals surface area contributed by atoms with Crippen LogP contribution >= 0.6 is 0 Å². The van der Waals surface area contributed by atoms with Crippen LogP contribution < -0.4 is 14.4 Å². The molecule has 9 rings (SSSR count). The number of phenols is 1. The van der Waals surface area contributed by atoms with E-state index in [4.69, 9.17) is 24.2 Å². The van der Waals surface area contributed by atoms with Gasteiger partial charge in [0, 0.05) is 23.1 Å². The fourth-order valence-corrected chi connectivity index (χ4v) is 10.8. The summed E-state index contributed by atoms with van der Waals surface area (Å²) < 4.78 is 50.6. The van der Waals surface area contributed by atoms with Crippen LogP contribution in [0.25, 0.3) is 32.9 Å². The summed E-state index contributed by atoms with van der Waals surface area (Å²) in [6.07, 6.45) is 11.1. The SMILES string of the molecule is CCc1c(F)ccc2cc(O)cc(-c3nc(OC)c4c(N5C[C@H](O)OC[C@@](C)(O)C5)nc(OCC56CCCC5N(C5CC7(CCC7)C5)CCC6)nc4c3F)c12. The van der Waals surface area contributed by atoms with Gasteiger partial charge in [0.25, 0.3) is 0 Å². The first-order valence-electron chi connectivity index (χ1n) is 20.0. The number of aromatic hydroxyl groups is 1. The van der Waals surface area contributed by atoms with Gasteiger partial charge in [0.05, 0.1) is 33.4 Å². The molecule has 4 heterocycles. The number of benzene rings is 2. The second-order valence-electron chi connectivity index (χ2n) is 17.3. The first kappa shape index (κ1) is 36.7.